The lowest BCUT2D eigenvalue weighted by Crippen LogP contribution is -2.20. The van der Waals surface area contributed by atoms with Crippen LogP contribution in [0.3, 0.4) is 0 Å². The molecule has 0 atom stereocenters. The molecule has 9 nitrogen and oxygen atoms in total. The van der Waals surface area contributed by atoms with Crippen LogP contribution in [0.25, 0.3) is 11.4 Å². The molecule has 1 aliphatic rings. The van der Waals surface area contributed by atoms with Crippen molar-refractivity contribution in [3.05, 3.63) is 69.2 Å². The van der Waals surface area contributed by atoms with Crippen LogP contribution in [0.2, 0.25) is 5.02 Å². The van der Waals surface area contributed by atoms with E-state index in [-0.39, 0.29) is 23.4 Å². The van der Waals surface area contributed by atoms with Gasteiger partial charge in [0, 0.05) is 34.3 Å². The Kier molecular flexibility index (Phi) is 7.91. The Morgan fingerprint density at radius 2 is 1.97 bits per heavy atom. The molecule has 34 heavy (non-hydrogen) atoms. The first-order valence-corrected chi connectivity index (χ1v) is 12.3. The molecule has 1 heterocycles. The molecule has 0 radical (unpaired) electrons. The largest absolute Gasteiger partial charge is 0.299 e. The number of benzene rings is 2. The van der Waals surface area contributed by atoms with Gasteiger partial charge in [-0.1, -0.05) is 54.8 Å². The van der Waals surface area contributed by atoms with Crippen LogP contribution in [0.15, 0.2) is 58.8 Å². The van der Waals surface area contributed by atoms with Gasteiger partial charge in [0.2, 0.25) is 0 Å². The SMILES string of the molecule is O=C(CSc1nnc(-c2ccc(Cl)cc2)n1C1CCCCC1)N/N=C/c1cccc([N+](=O)[O-])c1. The van der Waals surface area contributed by atoms with Crippen molar-refractivity contribution in [2.24, 2.45) is 5.10 Å². The summed E-state index contributed by atoms with van der Waals surface area (Å²) in [6.45, 7) is 0. The van der Waals surface area contributed by atoms with Crippen LogP contribution in [0.1, 0.15) is 43.7 Å². The first-order valence-electron chi connectivity index (χ1n) is 10.9. The van der Waals surface area contributed by atoms with Crippen LogP contribution in [-0.2, 0) is 4.79 Å². The Labute approximate surface area is 205 Å². The zero-order chi connectivity index (χ0) is 23.9. The molecule has 2 aromatic carbocycles. The number of rotatable bonds is 8. The lowest BCUT2D eigenvalue weighted by Gasteiger charge is -2.25. The van der Waals surface area contributed by atoms with E-state index in [1.165, 1.54) is 36.5 Å². The first-order chi connectivity index (χ1) is 16.5. The maximum absolute atomic E-state index is 12.4. The van der Waals surface area contributed by atoms with Gasteiger partial charge < -0.3 is 0 Å². The summed E-state index contributed by atoms with van der Waals surface area (Å²) in [4.78, 5) is 22.8. The van der Waals surface area contributed by atoms with Crippen LogP contribution in [0, 0.1) is 10.1 Å². The minimum Gasteiger partial charge on any atom is -0.299 e. The summed E-state index contributed by atoms with van der Waals surface area (Å²) < 4.78 is 2.15. The molecule has 1 amide bonds. The average molecular weight is 499 g/mol. The molecule has 0 bridgehead atoms. The van der Waals surface area contributed by atoms with Gasteiger partial charge in [-0.05, 0) is 37.1 Å². The number of carbonyl (C=O) groups is 1. The smallest absolute Gasteiger partial charge is 0.270 e. The molecule has 4 rings (SSSR count). The zero-order valence-corrected chi connectivity index (χ0v) is 19.8. The number of hydrogen-bond acceptors (Lipinski definition) is 7. The number of nitrogens with zero attached hydrogens (tertiary/aromatic N) is 5. The van der Waals surface area contributed by atoms with Crippen LogP contribution in [0.4, 0.5) is 5.69 Å². The summed E-state index contributed by atoms with van der Waals surface area (Å²) in [5, 5.41) is 24.9. The van der Waals surface area contributed by atoms with Crippen LogP contribution < -0.4 is 5.43 Å². The molecule has 0 aliphatic heterocycles. The third kappa shape index (κ3) is 6.00. The predicted octanol–water partition coefficient (Wildman–Crippen LogP) is 5.25. The Hall–Kier alpha value is -3.24. The lowest BCUT2D eigenvalue weighted by molar-refractivity contribution is -0.384. The van der Waals surface area contributed by atoms with Crippen molar-refractivity contribution in [3.63, 3.8) is 0 Å². The van der Waals surface area contributed by atoms with E-state index in [4.69, 9.17) is 11.6 Å². The van der Waals surface area contributed by atoms with Gasteiger partial charge >= 0.3 is 0 Å². The van der Waals surface area contributed by atoms with Crippen molar-refractivity contribution < 1.29 is 9.72 Å². The fraction of sp³-hybridized carbons (Fsp3) is 0.304. The predicted molar refractivity (Wildman–Crippen MR) is 132 cm³/mol. The summed E-state index contributed by atoms with van der Waals surface area (Å²) >= 11 is 7.36. The van der Waals surface area contributed by atoms with Gasteiger partial charge in [0.05, 0.1) is 16.9 Å². The number of hydrogen-bond donors (Lipinski definition) is 1. The molecule has 3 aromatic rings. The Morgan fingerprint density at radius 3 is 2.71 bits per heavy atom. The number of hydrazone groups is 1. The summed E-state index contributed by atoms with van der Waals surface area (Å²) in [6.07, 6.45) is 7.00. The number of non-ortho nitro benzene ring substituents is 1. The molecule has 1 fully saturated rings. The Balaban J connectivity index is 1.43. The molecule has 0 saturated heterocycles. The van der Waals surface area contributed by atoms with E-state index in [9.17, 15) is 14.9 Å². The summed E-state index contributed by atoms with van der Waals surface area (Å²) in [6, 6.07) is 13.8. The van der Waals surface area contributed by atoms with Crippen molar-refractivity contribution >= 4 is 41.2 Å². The molecule has 1 N–H and O–H groups in total. The molecule has 1 saturated carbocycles. The van der Waals surface area contributed by atoms with Crippen molar-refractivity contribution in [1.82, 2.24) is 20.2 Å². The molecule has 176 valence electrons. The van der Waals surface area contributed by atoms with Crippen molar-refractivity contribution in [2.75, 3.05) is 5.75 Å². The van der Waals surface area contributed by atoms with Crippen LogP contribution >= 0.6 is 23.4 Å². The number of thioether (sulfide) groups is 1. The fourth-order valence-corrected chi connectivity index (χ4v) is 4.82. The van der Waals surface area contributed by atoms with Crippen LogP contribution in [-0.4, -0.2) is 37.6 Å². The number of nitro groups is 1. The number of amides is 1. The summed E-state index contributed by atoms with van der Waals surface area (Å²) in [5.41, 5.74) is 3.87. The highest BCUT2D eigenvalue weighted by Gasteiger charge is 2.24. The normalized spacial score (nSPS) is 14.4. The number of halogens is 1. The Morgan fingerprint density at radius 1 is 1.21 bits per heavy atom. The van der Waals surface area contributed by atoms with E-state index in [1.807, 2.05) is 24.3 Å². The first kappa shape index (κ1) is 23.9. The molecule has 0 spiro atoms. The topological polar surface area (TPSA) is 115 Å². The number of aromatic nitrogens is 3. The van der Waals surface area contributed by atoms with Gasteiger partial charge in [-0.15, -0.1) is 10.2 Å². The fourth-order valence-electron chi connectivity index (χ4n) is 3.90. The van der Waals surface area contributed by atoms with Gasteiger partial charge in [-0.2, -0.15) is 5.10 Å². The van der Waals surface area contributed by atoms with Crippen molar-refractivity contribution in [1.29, 1.82) is 0 Å². The highest BCUT2D eigenvalue weighted by atomic mass is 35.5. The second-order valence-corrected chi connectivity index (χ2v) is 9.29. The molecule has 0 unspecified atom stereocenters. The van der Waals surface area contributed by atoms with Crippen molar-refractivity contribution in [3.8, 4) is 11.4 Å². The minimum absolute atomic E-state index is 0.0376. The van der Waals surface area contributed by atoms with Crippen molar-refractivity contribution in [2.45, 2.75) is 43.3 Å². The van der Waals surface area contributed by atoms with Gasteiger partial charge in [0.1, 0.15) is 0 Å². The highest BCUT2D eigenvalue weighted by Crippen LogP contribution is 2.35. The van der Waals surface area contributed by atoms with Gasteiger partial charge in [0.25, 0.3) is 11.6 Å². The zero-order valence-electron chi connectivity index (χ0n) is 18.3. The van der Waals surface area contributed by atoms with E-state index in [0.29, 0.717) is 15.7 Å². The number of nitro benzene ring substituents is 1. The van der Waals surface area contributed by atoms with Gasteiger partial charge in [0.15, 0.2) is 11.0 Å². The molecule has 11 heteroatoms. The second-order valence-electron chi connectivity index (χ2n) is 7.91. The van der Waals surface area contributed by atoms with Gasteiger partial charge in [-0.3, -0.25) is 19.5 Å². The summed E-state index contributed by atoms with van der Waals surface area (Å²) in [7, 11) is 0. The third-order valence-corrected chi connectivity index (χ3v) is 6.72. The molecular formula is C23H23ClN6O3S. The monoisotopic (exact) mass is 498 g/mol. The van der Waals surface area contributed by atoms with E-state index < -0.39 is 4.92 Å². The average Bonchev–Trinajstić information content (AvgIpc) is 3.28. The van der Waals surface area contributed by atoms with E-state index in [1.54, 1.807) is 12.1 Å². The third-order valence-electron chi connectivity index (χ3n) is 5.52. The van der Waals surface area contributed by atoms with E-state index in [2.05, 4.69) is 25.3 Å². The second kappa shape index (κ2) is 11.3. The van der Waals surface area contributed by atoms with E-state index >= 15 is 0 Å². The Bertz CT molecular complexity index is 1190. The maximum Gasteiger partial charge on any atom is 0.270 e. The number of carbonyl (C=O) groups excluding carboxylic acids is 1. The number of nitrogens with one attached hydrogen (secondary N) is 1. The van der Waals surface area contributed by atoms with E-state index in [0.717, 1.165) is 37.1 Å². The molecule has 1 aromatic heterocycles. The molecule has 1 aliphatic carbocycles. The standard InChI is InChI=1S/C23H23ClN6O3S/c24-18-11-9-17(10-12-18)22-27-28-23(29(22)19-6-2-1-3-7-19)34-15-21(31)26-25-14-16-5-4-8-20(13-16)30(32)33/h4-5,8-14,19H,1-3,6-7,15H2,(H,26,31)/b25-14+. The quantitative estimate of drug-likeness (QED) is 0.196. The van der Waals surface area contributed by atoms with Gasteiger partial charge in [-0.25, -0.2) is 5.43 Å². The minimum atomic E-state index is -0.479. The van der Waals surface area contributed by atoms with Crippen LogP contribution in [0.5, 0.6) is 0 Å². The summed E-state index contributed by atoms with van der Waals surface area (Å²) in [5.74, 6) is 0.575. The highest BCUT2D eigenvalue weighted by molar-refractivity contribution is 7.99. The lowest BCUT2D eigenvalue weighted by atomic mass is 9.95. The molecular weight excluding hydrogens is 476 g/mol. The maximum atomic E-state index is 12.4.